The van der Waals surface area contributed by atoms with Crippen LogP contribution >= 0.6 is 0 Å². The lowest BCUT2D eigenvalue weighted by atomic mass is 9.91. The van der Waals surface area contributed by atoms with Gasteiger partial charge in [-0.25, -0.2) is 4.79 Å². The average Bonchev–Trinajstić information content (AvgIpc) is 3.32. The maximum absolute atomic E-state index is 12.3. The summed E-state index contributed by atoms with van der Waals surface area (Å²) in [5.41, 5.74) is 1.34. The fourth-order valence-electron chi connectivity index (χ4n) is 3.61. The zero-order valence-electron chi connectivity index (χ0n) is 13.4. The topological polar surface area (TPSA) is 69.6 Å². The molecular formula is C18H24N2O3. The zero-order chi connectivity index (χ0) is 16.4. The molecule has 2 N–H and O–H groups in total. The predicted octanol–water partition coefficient (Wildman–Crippen LogP) is 2.54. The lowest BCUT2D eigenvalue weighted by molar-refractivity contribution is -0.143. The van der Waals surface area contributed by atoms with E-state index in [1.54, 1.807) is 4.90 Å². The van der Waals surface area contributed by atoms with Crippen molar-refractivity contribution in [3.63, 3.8) is 0 Å². The van der Waals surface area contributed by atoms with E-state index in [9.17, 15) is 14.7 Å². The number of carboxylic acid groups (broad SMARTS) is 1. The van der Waals surface area contributed by atoms with Crippen LogP contribution in [-0.4, -0.2) is 41.6 Å². The van der Waals surface area contributed by atoms with E-state index in [1.807, 2.05) is 25.1 Å². The number of hydrogen-bond acceptors (Lipinski definition) is 2. The van der Waals surface area contributed by atoms with Gasteiger partial charge in [-0.3, -0.25) is 4.79 Å². The highest BCUT2D eigenvalue weighted by molar-refractivity contribution is 5.76. The molecule has 0 radical (unpaired) electrons. The second-order valence-corrected chi connectivity index (χ2v) is 6.98. The van der Waals surface area contributed by atoms with Crippen LogP contribution in [-0.2, 0) is 4.79 Å². The number of carbonyl (C=O) groups excluding carboxylic acids is 1. The van der Waals surface area contributed by atoms with Crippen LogP contribution < -0.4 is 5.32 Å². The van der Waals surface area contributed by atoms with Gasteiger partial charge in [0.05, 0.1) is 5.92 Å². The van der Waals surface area contributed by atoms with Gasteiger partial charge in [0.2, 0.25) is 0 Å². The summed E-state index contributed by atoms with van der Waals surface area (Å²) in [6.07, 6.45) is 1.76. The van der Waals surface area contributed by atoms with E-state index in [2.05, 4.69) is 17.4 Å². The van der Waals surface area contributed by atoms with Crippen molar-refractivity contribution < 1.29 is 14.7 Å². The molecule has 3 rings (SSSR count). The van der Waals surface area contributed by atoms with E-state index in [1.165, 1.54) is 5.56 Å². The second-order valence-electron chi connectivity index (χ2n) is 6.98. The van der Waals surface area contributed by atoms with Crippen molar-refractivity contribution in [2.24, 2.45) is 17.8 Å². The molecule has 2 unspecified atom stereocenters. The van der Waals surface area contributed by atoms with Crippen molar-refractivity contribution >= 4 is 12.0 Å². The van der Waals surface area contributed by atoms with Crippen LogP contribution in [0.2, 0.25) is 0 Å². The molecule has 1 aromatic rings. The molecule has 2 amide bonds. The van der Waals surface area contributed by atoms with Gasteiger partial charge >= 0.3 is 12.0 Å². The minimum atomic E-state index is -0.805. The van der Waals surface area contributed by atoms with Gasteiger partial charge in [0.1, 0.15) is 0 Å². The van der Waals surface area contributed by atoms with Crippen molar-refractivity contribution in [1.82, 2.24) is 10.2 Å². The van der Waals surface area contributed by atoms with E-state index >= 15 is 0 Å². The number of amides is 2. The van der Waals surface area contributed by atoms with E-state index in [4.69, 9.17) is 0 Å². The maximum atomic E-state index is 12.3. The third-order valence-electron chi connectivity index (χ3n) is 4.96. The molecule has 5 nitrogen and oxygen atoms in total. The fraction of sp³-hybridized carbons (Fsp3) is 0.556. The number of carboxylic acids is 1. The van der Waals surface area contributed by atoms with Crippen molar-refractivity contribution in [2.45, 2.75) is 25.7 Å². The summed E-state index contributed by atoms with van der Waals surface area (Å²) in [5.74, 6) is 0.0270. The fourth-order valence-corrected chi connectivity index (χ4v) is 3.61. The standard InChI is InChI=1S/C18H24N2O3/c1-12-7-15(17(21)22)11-20(10-12)18(23)19-9-14-8-16(14)13-5-3-2-4-6-13/h2-6,12,14-16H,7-11H2,1H3,(H,19,23)(H,21,22)/t12?,14-,15?,16-/m0/s1. The molecule has 1 heterocycles. The molecule has 1 saturated heterocycles. The monoisotopic (exact) mass is 316 g/mol. The number of carbonyl (C=O) groups is 2. The average molecular weight is 316 g/mol. The Morgan fingerprint density at radius 3 is 2.65 bits per heavy atom. The van der Waals surface area contributed by atoms with Gasteiger partial charge in [0.25, 0.3) is 0 Å². The molecule has 2 aliphatic rings. The molecule has 0 aromatic heterocycles. The zero-order valence-corrected chi connectivity index (χ0v) is 13.4. The number of likely N-dealkylation sites (tertiary alicyclic amines) is 1. The molecular weight excluding hydrogens is 292 g/mol. The Bertz CT molecular complexity index is 575. The summed E-state index contributed by atoms with van der Waals surface area (Å²) in [6.45, 7) is 3.63. The highest BCUT2D eigenvalue weighted by atomic mass is 16.4. The van der Waals surface area contributed by atoms with Crippen molar-refractivity contribution in [3.8, 4) is 0 Å². The van der Waals surface area contributed by atoms with Crippen molar-refractivity contribution in [2.75, 3.05) is 19.6 Å². The molecule has 1 aliphatic heterocycles. The first-order chi connectivity index (χ1) is 11.0. The number of nitrogens with one attached hydrogen (secondary N) is 1. The van der Waals surface area contributed by atoms with Crippen LogP contribution in [0.1, 0.15) is 31.2 Å². The van der Waals surface area contributed by atoms with Crippen LogP contribution in [0, 0.1) is 17.8 Å². The number of benzene rings is 1. The Morgan fingerprint density at radius 2 is 1.96 bits per heavy atom. The molecule has 23 heavy (non-hydrogen) atoms. The molecule has 4 atom stereocenters. The normalized spacial score (nSPS) is 29.9. The molecule has 1 aliphatic carbocycles. The lowest BCUT2D eigenvalue weighted by Gasteiger charge is -2.34. The van der Waals surface area contributed by atoms with Crippen LogP contribution in [0.3, 0.4) is 0 Å². The van der Waals surface area contributed by atoms with E-state index < -0.39 is 11.9 Å². The van der Waals surface area contributed by atoms with Crippen LogP contribution in [0.5, 0.6) is 0 Å². The van der Waals surface area contributed by atoms with E-state index in [0.29, 0.717) is 37.9 Å². The summed E-state index contributed by atoms with van der Waals surface area (Å²) in [6, 6.07) is 10.3. The minimum absolute atomic E-state index is 0.124. The lowest BCUT2D eigenvalue weighted by Crippen LogP contribution is -2.49. The van der Waals surface area contributed by atoms with Crippen molar-refractivity contribution in [3.05, 3.63) is 35.9 Å². The van der Waals surface area contributed by atoms with Gasteiger partial charge in [-0.15, -0.1) is 0 Å². The molecule has 0 bridgehead atoms. The number of hydrogen-bond donors (Lipinski definition) is 2. The largest absolute Gasteiger partial charge is 0.481 e. The Balaban J connectivity index is 1.47. The maximum Gasteiger partial charge on any atom is 0.317 e. The van der Waals surface area contributed by atoms with Gasteiger partial charge in [-0.2, -0.15) is 0 Å². The molecule has 0 spiro atoms. The molecule has 5 heteroatoms. The van der Waals surface area contributed by atoms with Gasteiger partial charge < -0.3 is 15.3 Å². The second kappa shape index (κ2) is 6.60. The van der Waals surface area contributed by atoms with Gasteiger partial charge in [-0.05, 0) is 36.2 Å². The molecule has 1 saturated carbocycles. The number of rotatable bonds is 4. The quantitative estimate of drug-likeness (QED) is 0.897. The number of piperidine rings is 1. The first-order valence-electron chi connectivity index (χ1n) is 8.35. The molecule has 1 aromatic carbocycles. The number of aliphatic carboxylic acids is 1. The van der Waals surface area contributed by atoms with Crippen LogP contribution in [0.25, 0.3) is 0 Å². The third-order valence-corrected chi connectivity index (χ3v) is 4.96. The third kappa shape index (κ3) is 3.84. The molecule has 124 valence electrons. The Morgan fingerprint density at radius 1 is 1.22 bits per heavy atom. The van der Waals surface area contributed by atoms with Gasteiger partial charge in [0, 0.05) is 19.6 Å². The van der Waals surface area contributed by atoms with E-state index in [0.717, 1.165) is 6.42 Å². The highest BCUT2D eigenvalue weighted by Gasteiger charge is 2.39. The minimum Gasteiger partial charge on any atom is -0.481 e. The summed E-state index contributed by atoms with van der Waals surface area (Å²) in [5, 5.41) is 12.2. The van der Waals surface area contributed by atoms with E-state index in [-0.39, 0.29) is 11.9 Å². The summed E-state index contributed by atoms with van der Waals surface area (Å²) in [4.78, 5) is 25.2. The summed E-state index contributed by atoms with van der Waals surface area (Å²) >= 11 is 0. The summed E-state index contributed by atoms with van der Waals surface area (Å²) < 4.78 is 0. The first kappa shape index (κ1) is 15.8. The SMILES string of the molecule is CC1CC(C(=O)O)CN(C(=O)NC[C@@H]2C[C@H]2c2ccccc2)C1. The highest BCUT2D eigenvalue weighted by Crippen LogP contribution is 2.46. The number of urea groups is 1. The Kier molecular flexibility index (Phi) is 4.55. The van der Waals surface area contributed by atoms with Crippen LogP contribution in [0.15, 0.2) is 30.3 Å². The summed E-state index contributed by atoms with van der Waals surface area (Å²) in [7, 11) is 0. The Hall–Kier alpha value is -2.04. The molecule has 2 fully saturated rings. The number of nitrogens with zero attached hydrogens (tertiary/aromatic N) is 1. The van der Waals surface area contributed by atoms with Gasteiger partial charge in [0.15, 0.2) is 0 Å². The van der Waals surface area contributed by atoms with Crippen molar-refractivity contribution in [1.29, 1.82) is 0 Å². The van der Waals surface area contributed by atoms with Gasteiger partial charge in [-0.1, -0.05) is 37.3 Å². The first-order valence-corrected chi connectivity index (χ1v) is 8.35. The Labute approximate surface area is 136 Å². The smallest absolute Gasteiger partial charge is 0.317 e. The predicted molar refractivity (Wildman–Crippen MR) is 87.2 cm³/mol. The van der Waals surface area contributed by atoms with Crippen LogP contribution in [0.4, 0.5) is 4.79 Å².